The molecule has 1 heterocycles. The summed E-state index contributed by atoms with van der Waals surface area (Å²) >= 11 is 0. The van der Waals surface area contributed by atoms with Crippen LogP contribution >= 0.6 is 12.4 Å². The lowest BCUT2D eigenvalue weighted by atomic mass is 9.79. The minimum atomic E-state index is 0. The molecule has 3 nitrogen and oxygen atoms in total. The fourth-order valence-electron chi connectivity index (χ4n) is 3.06. The van der Waals surface area contributed by atoms with Gasteiger partial charge in [0.05, 0.1) is 0 Å². The van der Waals surface area contributed by atoms with Gasteiger partial charge in [-0.1, -0.05) is 47.6 Å². The van der Waals surface area contributed by atoms with E-state index in [-0.39, 0.29) is 29.1 Å². The van der Waals surface area contributed by atoms with E-state index in [0.717, 1.165) is 18.7 Å². The predicted octanol–water partition coefficient (Wildman–Crippen LogP) is 4.53. The van der Waals surface area contributed by atoms with Crippen LogP contribution in [0, 0.1) is 0 Å². The maximum Gasteiger partial charge on any atom is 0.251 e. The molecule has 0 unspecified atom stereocenters. The Morgan fingerprint density at radius 1 is 0.960 bits per heavy atom. The van der Waals surface area contributed by atoms with Gasteiger partial charge in [-0.3, -0.25) is 4.79 Å². The second-order valence-electron chi connectivity index (χ2n) is 9.10. The number of amides is 1. The van der Waals surface area contributed by atoms with Crippen LogP contribution in [0.1, 0.15) is 75.9 Å². The van der Waals surface area contributed by atoms with E-state index in [0.29, 0.717) is 0 Å². The number of nitrogens with zero attached hydrogens (tertiary/aromatic N) is 1. The van der Waals surface area contributed by atoms with Gasteiger partial charge in [0.2, 0.25) is 0 Å². The number of likely N-dealkylation sites (tertiary alicyclic amines) is 1. The molecule has 0 spiro atoms. The van der Waals surface area contributed by atoms with Gasteiger partial charge in [-0.2, -0.15) is 0 Å². The van der Waals surface area contributed by atoms with Crippen LogP contribution in [-0.2, 0) is 10.8 Å². The number of carbonyl (C=O) groups is 1. The molecule has 1 aromatic rings. The van der Waals surface area contributed by atoms with Crippen molar-refractivity contribution in [1.82, 2.24) is 10.2 Å². The Kier molecular flexibility index (Phi) is 7.52. The Balaban J connectivity index is 0.00000312. The van der Waals surface area contributed by atoms with E-state index in [1.165, 1.54) is 37.1 Å². The van der Waals surface area contributed by atoms with Gasteiger partial charge in [0.15, 0.2) is 0 Å². The molecular formula is C21H35ClN2O. The first-order valence-corrected chi connectivity index (χ1v) is 9.24. The second kappa shape index (κ2) is 8.55. The van der Waals surface area contributed by atoms with Gasteiger partial charge >= 0.3 is 0 Å². The van der Waals surface area contributed by atoms with Crippen LogP contribution in [0.3, 0.4) is 0 Å². The zero-order valence-corrected chi connectivity index (χ0v) is 17.6. The predicted molar refractivity (Wildman–Crippen MR) is 109 cm³/mol. The van der Waals surface area contributed by atoms with Gasteiger partial charge in [-0.05, 0) is 60.0 Å². The number of nitrogens with one attached hydrogen (secondary N) is 1. The molecule has 0 aliphatic carbocycles. The third kappa shape index (κ3) is 6.31. The average molecular weight is 367 g/mol. The summed E-state index contributed by atoms with van der Waals surface area (Å²) in [5.41, 5.74) is 3.30. The normalized spacial score (nSPS) is 15.8. The molecule has 1 aromatic carbocycles. The van der Waals surface area contributed by atoms with E-state index in [4.69, 9.17) is 0 Å². The summed E-state index contributed by atoms with van der Waals surface area (Å²) in [5.74, 6) is 0.0470. The van der Waals surface area contributed by atoms with Crippen molar-refractivity contribution in [3.63, 3.8) is 0 Å². The van der Waals surface area contributed by atoms with Crippen molar-refractivity contribution in [3.8, 4) is 0 Å². The van der Waals surface area contributed by atoms with Crippen molar-refractivity contribution >= 4 is 18.3 Å². The van der Waals surface area contributed by atoms with Crippen LogP contribution in [-0.4, -0.2) is 37.0 Å². The summed E-state index contributed by atoms with van der Waals surface area (Å²) in [6, 6.07) is 6.36. The molecule has 25 heavy (non-hydrogen) atoms. The van der Waals surface area contributed by atoms with Crippen LogP contribution < -0.4 is 5.32 Å². The van der Waals surface area contributed by atoms with Crippen LogP contribution in [0.4, 0.5) is 0 Å². The summed E-state index contributed by atoms with van der Waals surface area (Å²) in [4.78, 5) is 15.1. The van der Waals surface area contributed by atoms with Gasteiger partial charge in [0, 0.05) is 18.7 Å². The molecule has 1 aliphatic rings. The fraction of sp³-hybridized carbons (Fsp3) is 0.667. The molecule has 1 amide bonds. The summed E-state index contributed by atoms with van der Waals surface area (Å²) < 4.78 is 0. The Morgan fingerprint density at radius 3 is 1.88 bits per heavy atom. The Bertz CT molecular complexity index is 546. The minimum Gasteiger partial charge on any atom is -0.351 e. The van der Waals surface area contributed by atoms with Crippen LogP contribution in [0.2, 0.25) is 0 Å². The molecule has 0 bridgehead atoms. The van der Waals surface area contributed by atoms with Crippen molar-refractivity contribution in [2.45, 2.75) is 65.2 Å². The molecule has 1 aliphatic heterocycles. The van der Waals surface area contributed by atoms with E-state index in [1.54, 1.807) is 0 Å². The van der Waals surface area contributed by atoms with E-state index in [2.05, 4.69) is 70.0 Å². The number of halogens is 1. The SMILES string of the molecule is CC(C)(C)c1cc(C(=O)NCCN2CCCC2)cc(C(C)(C)C)c1.Cl. The Morgan fingerprint density at radius 2 is 1.44 bits per heavy atom. The largest absolute Gasteiger partial charge is 0.351 e. The smallest absolute Gasteiger partial charge is 0.251 e. The molecule has 1 N–H and O–H groups in total. The molecule has 0 aromatic heterocycles. The first-order valence-electron chi connectivity index (χ1n) is 9.24. The van der Waals surface area contributed by atoms with Gasteiger partial charge in [0.1, 0.15) is 0 Å². The number of hydrogen-bond acceptors (Lipinski definition) is 2. The van der Waals surface area contributed by atoms with Gasteiger partial charge < -0.3 is 10.2 Å². The standard InChI is InChI=1S/C21H34N2O.ClH/c1-20(2,3)17-13-16(14-18(15-17)21(4,5)6)19(24)22-9-12-23-10-7-8-11-23;/h13-15H,7-12H2,1-6H3,(H,22,24);1H. The topological polar surface area (TPSA) is 32.3 Å². The van der Waals surface area contributed by atoms with Gasteiger partial charge in [-0.15, -0.1) is 12.4 Å². The third-order valence-electron chi connectivity index (χ3n) is 4.84. The van der Waals surface area contributed by atoms with E-state index in [1.807, 2.05) is 0 Å². The van der Waals surface area contributed by atoms with Crippen molar-refractivity contribution < 1.29 is 4.79 Å². The summed E-state index contributed by atoms with van der Waals surface area (Å²) in [5, 5.41) is 3.10. The molecule has 1 fully saturated rings. The maximum atomic E-state index is 12.6. The lowest BCUT2D eigenvalue weighted by molar-refractivity contribution is 0.0949. The molecule has 142 valence electrons. The van der Waals surface area contributed by atoms with Crippen molar-refractivity contribution in [1.29, 1.82) is 0 Å². The molecule has 1 saturated heterocycles. The second-order valence-corrected chi connectivity index (χ2v) is 9.10. The highest BCUT2D eigenvalue weighted by Crippen LogP contribution is 2.30. The maximum absolute atomic E-state index is 12.6. The average Bonchev–Trinajstić information content (AvgIpc) is 2.98. The number of rotatable bonds is 4. The lowest BCUT2D eigenvalue weighted by Gasteiger charge is -2.26. The molecule has 4 heteroatoms. The van der Waals surface area contributed by atoms with E-state index >= 15 is 0 Å². The minimum absolute atomic E-state index is 0. The summed E-state index contributed by atoms with van der Waals surface area (Å²) in [6.45, 7) is 17.2. The first kappa shape index (κ1) is 22.0. The lowest BCUT2D eigenvalue weighted by Crippen LogP contribution is -2.33. The fourth-order valence-corrected chi connectivity index (χ4v) is 3.06. The summed E-state index contributed by atoms with van der Waals surface area (Å²) in [6.07, 6.45) is 2.58. The molecular weight excluding hydrogens is 332 g/mol. The van der Waals surface area contributed by atoms with E-state index < -0.39 is 0 Å². The monoisotopic (exact) mass is 366 g/mol. The summed E-state index contributed by atoms with van der Waals surface area (Å²) in [7, 11) is 0. The van der Waals surface area contributed by atoms with Crippen molar-refractivity contribution in [2.75, 3.05) is 26.2 Å². The highest BCUT2D eigenvalue weighted by atomic mass is 35.5. The van der Waals surface area contributed by atoms with Crippen LogP contribution in [0.15, 0.2) is 18.2 Å². The van der Waals surface area contributed by atoms with Gasteiger partial charge in [-0.25, -0.2) is 0 Å². The van der Waals surface area contributed by atoms with Crippen LogP contribution in [0.5, 0.6) is 0 Å². The Labute approximate surface area is 160 Å². The number of hydrogen-bond donors (Lipinski definition) is 1. The van der Waals surface area contributed by atoms with Crippen LogP contribution in [0.25, 0.3) is 0 Å². The molecule has 0 saturated carbocycles. The zero-order valence-electron chi connectivity index (χ0n) is 16.7. The van der Waals surface area contributed by atoms with E-state index in [9.17, 15) is 4.79 Å². The molecule has 0 radical (unpaired) electrons. The third-order valence-corrected chi connectivity index (χ3v) is 4.84. The highest BCUT2D eigenvalue weighted by molar-refractivity contribution is 5.94. The zero-order chi connectivity index (χ0) is 18.0. The van der Waals surface area contributed by atoms with Crippen molar-refractivity contribution in [2.24, 2.45) is 0 Å². The number of carbonyl (C=O) groups excluding carboxylic acids is 1. The number of benzene rings is 1. The quantitative estimate of drug-likeness (QED) is 0.849. The molecule has 0 atom stereocenters. The first-order chi connectivity index (χ1) is 11.1. The molecule has 2 rings (SSSR count). The Hall–Kier alpha value is -1.06. The highest BCUT2D eigenvalue weighted by Gasteiger charge is 2.22. The van der Waals surface area contributed by atoms with Gasteiger partial charge in [0.25, 0.3) is 5.91 Å². The van der Waals surface area contributed by atoms with Crippen molar-refractivity contribution in [3.05, 3.63) is 34.9 Å².